The lowest BCUT2D eigenvalue weighted by molar-refractivity contribution is -0.143. The molecule has 0 rings (SSSR count). The van der Waals surface area contributed by atoms with Crippen molar-refractivity contribution in [2.24, 2.45) is 5.92 Å². The van der Waals surface area contributed by atoms with Gasteiger partial charge in [-0.25, -0.2) is 0 Å². The van der Waals surface area contributed by atoms with Crippen LogP contribution in [0.4, 0.5) is 0 Å². The third-order valence-corrected chi connectivity index (χ3v) is 2.11. The molecule has 0 radical (unpaired) electrons. The highest BCUT2D eigenvalue weighted by Gasteiger charge is 2.19. The van der Waals surface area contributed by atoms with Crippen molar-refractivity contribution < 1.29 is 14.3 Å². The van der Waals surface area contributed by atoms with Crippen molar-refractivity contribution >= 4 is 5.97 Å². The zero-order valence-corrected chi connectivity index (χ0v) is 10.2. The van der Waals surface area contributed by atoms with Crippen LogP contribution in [0, 0.1) is 5.92 Å². The van der Waals surface area contributed by atoms with Gasteiger partial charge in [-0.05, 0) is 25.3 Å². The first-order chi connectivity index (χ1) is 7.11. The minimum absolute atomic E-state index is 0.180. The van der Waals surface area contributed by atoms with Gasteiger partial charge < -0.3 is 14.8 Å². The normalized spacial score (nSPS) is 12.9. The minimum Gasteiger partial charge on any atom is -0.468 e. The molecule has 0 aliphatic rings. The quantitative estimate of drug-likeness (QED) is 0.490. The number of ether oxygens (including phenoxy) is 2. The maximum absolute atomic E-state index is 11.4. The molecule has 1 atom stereocenters. The molecule has 0 aliphatic heterocycles. The van der Waals surface area contributed by atoms with Gasteiger partial charge in [-0.3, -0.25) is 4.79 Å². The molecule has 0 aromatic heterocycles. The molecule has 0 saturated carbocycles. The average Bonchev–Trinajstić information content (AvgIpc) is 2.21. The van der Waals surface area contributed by atoms with Crippen LogP contribution in [0.3, 0.4) is 0 Å². The topological polar surface area (TPSA) is 47.6 Å². The van der Waals surface area contributed by atoms with Crippen LogP contribution < -0.4 is 5.32 Å². The van der Waals surface area contributed by atoms with Crippen molar-refractivity contribution in [2.45, 2.75) is 32.7 Å². The van der Waals surface area contributed by atoms with Gasteiger partial charge in [-0.2, -0.15) is 0 Å². The van der Waals surface area contributed by atoms with E-state index in [-0.39, 0.29) is 12.0 Å². The zero-order chi connectivity index (χ0) is 11.7. The second-order valence-electron chi connectivity index (χ2n) is 4.01. The summed E-state index contributed by atoms with van der Waals surface area (Å²) in [7, 11) is 3.10. The Bertz CT molecular complexity index is 171. The fourth-order valence-electron chi connectivity index (χ4n) is 1.37. The molecule has 0 saturated heterocycles. The second-order valence-corrected chi connectivity index (χ2v) is 4.01. The molecule has 0 aromatic rings. The molecule has 15 heavy (non-hydrogen) atoms. The molecular weight excluding hydrogens is 194 g/mol. The van der Waals surface area contributed by atoms with Gasteiger partial charge in [-0.1, -0.05) is 13.8 Å². The van der Waals surface area contributed by atoms with E-state index in [0.29, 0.717) is 12.5 Å². The summed E-state index contributed by atoms with van der Waals surface area (Å²) in [4.78, 5) is 11.4. The lowest BCUT2D eigenvalue weighted by atomic mass is 10.0. The third-order valence-electron chi connectivity index (χ3n) is 2.11. The van der Waals surface area contributed by atoms with Gasteiger partial charge in [0.25, 0.3) is 0 Å². The van der Waals surface area contributed by atoms with Crippen molar-refractivity contribution in [3.8, 4) is 0 Å². The monoisotopic (exact) mass is 217 g/mol. The Kier molecular flexibility index (Phi) is 8.33. The summed E-state index contributed by atoms with van der Waals surface area (Å²) in [5.74, 6) is 0.296. The number of methoxy groups -OCH3 is 2. The highest BCUT2D eigenvalue weighted by atomic mass is 16.5. The van der Waals surface area contributed by atoms with Gasteiger partial charge in [0.15, 0.2) is 0 Å². The van der Waals surface area contributed by atoms with Gasteiger partial charge in [0.05, 0.1) is 7.11 Å². The summed E-state index contributed by atoms with van der Waals surface area (Å²) in [5, 5.41) is 3.18. The SMILES string of the molecule is COCCCNC(CC(C)C)C(=O)OC. The summed E-state index contributed by atoms with van der Waals surface area (Å²) < 4.78 is 9.67. The first-order valence-electron chi connectivity index (χ1n) is 5.42. The van der Waals surface area contributed by atoms with E-state index < -0.39 is 0 Å². The van der Waals surface area contributed by atoms with Crippen molar-refractivity contribution in [1.29, 1.82) is 0 Å². The zero-order valence-electron chi connectivity index (χ0n) is 10.2. The summed E-state index contributed by atoms with van der Waals surface area (Å²) in [6.45, 7) is 5.67. The summed E-state index contributed by atoms with van der Waals surface area (Å²) in [6.07, 6.45) is 1.71. The summed E-state index contributed by atoms with van der Waals surface area (Å²) in [5.41, 5.74) is 0. The fourth-order valence-corrected chi connectivity index (χ4v) is 1.37. The van der Waals surface area contributed by atoms with E-state index in [4.69, 9.17) is 9.47 Å². The van der Waals surface area contributed by atoms with Gasteiger partial charge in [-0.15, -0.1) is 0 Å². The molecule has 90 valence electrons. The lowest BCUT2D eigenvalue weighted by Gasteiger charge is -2.18. The second kappa shape index (κ2) is 8.68. The maximum atomic E-state index is 11.4. The Labute approximate surface area is 92.3 Å². The van der Waals surface area contributed by atoms with Crippen molar-refractivity contribution in [1.82, 2.24) is 5.32 Å². The Morgan fingerprint density at radius 2 is 2.00 bits per heavy atom. The van der Waals surface area contributed by atoms with Gasteiger partial charge in [0, 0.05) is 13.7 Å². The molecule has 0 fully saturated rings. The van der Waals surface area contributed by atoms with Crippen molar-refractivity contribution in [3.63, 3.8) is 0 Å². The Hall–Kier alpha value is -0.610. The molecule has 0 heterocycles. The van der Waals surface area contributed by atoms with Crippen molar-refractivity contribution in [3.05, 3.63) is 0 Å². The van der Waals surface area contributed by atoms with Crippen LogP contribution in [0.25, 0.3) is 0 Å². The van der Waals surface area contributed by atoms with Crippen LogP contribution in [0.5, 0.6) is 0 Å². The van der Waals surface area contributed by atoms with Gasteiger partial charge in [0.2, 0.25) is 0 Å². The molecule has 1 unspecified atom stereocenters. The maximum Gasteiger partial charge on any atom is 0.322 e. The van der Waals surface area contributed by atoms with Crippen LogP contribution in [-0.2, 0) is 14.3 Å². The Balaban J connectivity index is 3.85. The van der Waals surface area contributed by atoms with E-state index in [1.807, 2.05) is 0 Å². The minimum atomic E-state index is -0.188. The molecule has 0 aromatic carbocycles. The van der Waals surface area contributed by atoms with E-state index in [1.54, 1.807) is 7.11 Å². The first-order valence-corrected chi connectivity index (χ1v) is 5.42. The number of rotatable bonds is 8. The predicted octanol–water partition coefficient (Wildman–Crippen LogP) is 1.20. The predicted molar refractivity (Wildman–Crippen MR) is 59.8 cm³/mol. The fraction of sp³-hybridized carbons (Fsp3) is 0.909. The molecule has 0 bridgehead atoms. The number of nitrogens with one attached hydrogen (secondary N) is 1. The number of carbonyl (C=O) groups excluding carboxylic acids is 1. The molecule has 4 nitrogen and oxygen atoms in total. The van der Waals surface area contributed by atoms with Crippen LogP contribution in [-0.4, -0.2) is 39.4 Å². The number of hydrogen-bond donors (Lipinski definition) is 1. The Morgan fingerprint density at radius 3 is 2.47 bits per heavy atom. The number of esters is 1. The average molecular weight is 217 g/mol. The van der Waals surface area contributed by atoms with Crippen LogP contribution in [0.15, 0.2) is 0 Å². The lowest BCUT2D eigenvalue weighted by Crippen LogP contribution is -2.39. The molecule has 0 amide bonds. The van der Waals surface area contributed by atoms with E-state index in [2.05, 4.69) is 19.2 Å². The number of hydrogen-bond acceptors (Lipinski definition) is 4. The van der Waals surface area contributed by atoms with Crippen LogP contribution in [0.2, 0.25) is 0 Å². The largest absolute Gasteiger partial charge is 0.468 e. The highest BCUT2D eigenvalue weighted by molar-refractivity contribution is 5.75. The first kappa shape index (κ1) is 14.4. The van der Waals surface area contributed by atoms with Crippen molar-refractivity contribution in [2.75, 3.05) is 27.4 Å². The van der Waals surface area contributed by atoms with E-state index in [0.717, 1.165) is 19.4 Å². The summed E-state index contributed by atoms with van der Waals surface area (Å²) >= 11 is 0. The Morgan fingerprint density at radius 1 is 1.33 bits per heavy atom. The highest BCUT2D eigenvalue weighted by Crippen LogP contribution is 2.06. The smallest absolute Gasteiger partial charge is 0.322 e. The summed E-state index contributed by atoms with van der Waals surface area (Å²) in [6, 6.07) is -0.188. The number of carbonyl (C=O) groups is 1. The molecule has 0 aliphatic carbocycles. The van der Waals surface area contributed by atoms with Gasteiger partial charge >= 0.3 is 5.97 Å². The van der Waals surface area contributed by atoms with Crippen LogP contribution in [0.1, 0.15) is 26.7 Å². The standard InChI is InChI=1S/C11H23NO3/c1-9(2)8-10(11(13)15-4)12-6-5-7-14-3/h9-10,12H,5-8H2,1-4H3. The molecule has 4 heteroatoms. The molecular formula is C11H23NO3. The van der Waals surface area contributed by atoms with Gasteiger partial charge in [0.1, 0.15) is 6.04 Å². The van der Waals surface area contributed by atoms with Crippen LogP contribution >= 0.6 is 0 Å². The van der Waals surface area contributed by atoms with E-state index in [9.17, 15) is 4.79 Å². The molecule has 0 spiro atoms. The van der Waals surface area contributed by atoms with E-state index >= 15 is 0 Å². The van der Waals surface area contributed by atoms with E-state index in [1.165, 1.54) is 7.11 Å². The third kappa shape index (κ3) is 7.33. The molecule has 1 N–H and O–H groups in total.